The SMILES string of the molecule is CCCNC(C)CCCSCCO. The summed E-state index contributed by atoms with van der Waals surface area (Å²) < 4.78 is 0. The highest BCUT2D eigenvalue weighted by Crippen LogP contribution is 2.05. The summed E-state index contributed by atoms with van der Waals surface area (Å²) in [4.78, 5) is 0. The zero-order valence-corrected chi connectivity index (χ0v) is 9.70. The van der Waals surface area contributed by atoms with E-state index in [2.05, 4.69) is 19.2 Å². The molecule has 2 nitrogen and oxygen atoms in total. The summed E-state index contributed by atoms with van der Waals surface area (Å²) >= 11 is 1.84. The summed E-state index contributed by atoms with van der Waals surface area (Å²) in [5, 5.41) is 12.0. The van der Waals surface area contributed by atoms with E-state index < -0.39 is 0 Å². The Morgan fingerprint density at radius 3 is 2.77 bits per heavy atom. The summed E-state index contributed by atoms with van der Waals surface area (Å²) in [6, 6.07) is 0.648. The second-order valence-corrected chi connectivity index (χ2v) is 4.56. The van der Waals surface area contributed by atoms with Crippen molar-refractivity contribution in [1.82, 2.24) is 5.32 Å². The molecular formula is C10H23NOS. The van der Waals surface area contributed by atoms with Gasteiger partial charge in [0.2, 0.25) is 0 Å². The summed E-state index contributed by atoms with van der Waals surface area (Å²) in [6.45, 7) is 5.88. The molecule has 0 aromatic carbocycles. The van der Waals surface area contributed by atoms with Crippen LogP contribution in [0.25, 0.3) is 0 Å². The predicted octanol–water partition coefficient (Wildman–Crippen LogP) is 1.88. The van der Waals surface area contributed by atoms with E-state index in [0.717, 1.165) is 12.3 Å². The Morgan fingerprint density at radius 2 is 2.15 bits per heavy atom. The summed E-state index contributed by atoms with van der Waals surface area (Å²) in [5.41, 5.74) is 0. The van der Waals surface area contributed by atoms with Crippen molar-refractivity contribution in [3.05, 3.63) is 0 Å². The molecule has 0 fully saturated rings. The van der Waals surface area contributed by atoms with E-state index in [1.807, 2.05) is 11.8 Å². The average molecular weight is 205 g/mol. The molecule has 0 amide bonds. The number of hydrogen-bond donors (Lipinski definition) is 2. The van der Waals surface area contributed by atoms with E-state index in [-0.39, 0.29) is 0 Å². The van der Waals surface area contributed by atoms with Gasteiger partial charge in [-0.05, 0) is 38.5 Å². The number of thioether (sulfide) groups is 1. The number of hydrogen-bond acceptors (Lipinski definition) is 3. The fraction of sp³-hybridized carbons (Fsp3) is 1.00. The lowest BCUT2D eigenvalue weighted by molar-refractivity contribution is 0.322. The van der Waals surface area contributed by atoms with Crippen LogP contribution in [0.3, 0.4) is 0 Å². The highest BCUT2D eigenvalue weighted by molar-refractivity contribution is 7.99. The first-order valence-electron chi connectivity index (χ1n) is 5.23. The molecule has 1 atom stereocenters. The van der Waals surface area contributed by atoms with Crippen LogP contribution in [0, 0.1) is 0 Å². The van der Waals surface area contributed by atoms with Gasteiger partial charge in [0.1, 0.15) is 0 Å². The van der Waals surface area contributed by atoms with Gasteiger partial charge in [0.25, 0.3) is 0 Å². The van der Waals surface area contributed by atoms with Crippen molar-refractivity contribution in [2.45, 2.75) is 39.2 Å². The molecule has 3 heteroatoms. The van der Waals surface area contributed by atoms with Gasteiger partial charge >= 0.3 is 0 Å². The van der Waals surface area contributed by atoms with Crippen molar-refractivity contribution in [3.63, 3.8) is 0 Å². The van der Waals surface area contributed by atoms with Crippen molar-refractivity contribution in [1.29, 1.82) is 0 Å². The van der Waals surface area contributed by atoms with E-state index in [4.69, 9.17) is 5.11 Å². The molecular weight excluding hydrogens is 182 g/mol. The van der Waals surface area contributed by atoms with Crippen molar-refractivity contribution in [3.8, 4) is 0 Å². The summed E-state index contributed by atoms with van der Waals surface area (Å²) in [5.74, 6) is 2.06. The summed E-state index contributed by atoms with van der Waals surface area (Å²) in [7, 11) is 0. The molecule has 0 heterocycles. The molecule has 0 radical (unpaired) electrons. The normalized spacial score (nSPS) is 13.2. The second kappa shape index (κ2) is 10.4. The van der Waals surface area contributed by atoms with Gasteiger partial charge in [-0.15, -0.1) is 0 Å². The molecule has 2 N–H and O–H groups in total. The van der Waals surface area contributed by atoms with Gasteiger partial charge in [0.15, 0.2) is 0 Å². The molecule has 1 unspecified atom stereocenters. The fourth-order valence-corrected chi connectivity index (χ4v) is 1.86. The standard InChI is InChI=1S/C10H23NOS/c1-3-6-11-10(2)5-4-8-13-9-7-12/h10-12H,3-9H2,1-2H3. The van der Waals surface area contributed by atoms with E-state index in [1.165, 1.54) is 25.0 Å². The van der Waals surface area contributed by atoms with E-state index in [0.29, 0.717) is 12.6 Å². The van der Waals surface area contributed by atoms with Crippen LogP contribution in [0.4, 0.5) is 0 Å². The minimum Gasteiger partial charge on any atom is -0.396 e. The molecule has 13 heavy (non-hydrogen) atoms. The maximum atomic E-state index is 8.56. The van der Waals surface area contributed by atoms with Crippen molar-refractivity contribution >= 4 is 11.8 Å². The van der Waals surface area contributed by atoms with Crippen LogP contribution >= 0.6 is 11.8 Å². The quantitative estimate of drug-likeness (QED) is 0.564. The Labute approximate surface area is 86.5 Å². The second-order valence-electron chi connectivity index (χ2n) is 3.33. The number of aliphatic hydroxyl groups is 1. The smallest absolute Gasteiger partial charge is 0.0521 e. The highest BCUT2D eigenvalue weighted by atomic mass is 32.2. The van der Waals surface area contributed by atoms with Crippen LogP contribution in [-0.4, -0.2) is 35.8 Å². The van der Waals surface area contributed by atoms with Crippen LogP contribution < -0.4 is 5.32 Å². The Kier molecular flexibility index (Phi) is 10.6. The number of nitrogens with one attached hydrogen (secondary N) is 1. The topological polar surface area (TPSA) is 32.3 Å². The van der Waals surface area contributed by atoms with Gasteiger partial charge in [-0.3, -0.25) is 0 Å². The van der Waals surface area contributed by atoms with E-state index >= 15 is 0 Å². The zero-order valence-electron chi connectivity index (χ0n) is 8.88. The first-order valence-corrected chi connectivity index (χ1v) is 6.38. The Balaban J connectivity index is 3.03. The van der Waals surface area contributed by atoms with Crippen molar-refractivity contribution in [2.24, 2.45) is 0 Å². The molecule has 0 aromatic rings. The average Bonchev–Trinajstić information content (AvgIpc) is 2.14. The maximum absolute atomic E-state index is 8.56. The van der Waals surface area contributed by atoms with Crippen LogP contribution in [0.15, 0.2) is 0 Å². The molecule has 0 aliphatic heterocycles. The summed E-state index contributed by atoms with van der Waals surface area (Å²) in [6.07, 6.45) is 3.71. The van der Waals surface area contributed by atoms with Gasteiger partial charge in [0, 0.05) is 11.8 Å². The van der Waals surface area contributed by atoms with E-state index in [1.54, 1.807) is 0 Å². The van der Waals surface area contributed by atoms with Gasteiger partial charge in [0.05, 0.1) is 6.61 Å². The minimum absolute atomic E-state index is 0.314. The molecule has 0 aliphatic carbocycles. The van der Waals surface area contributed by atoms with Crippen LogP contribution in [0.1, 0.15) is 33.1 Å². The van der Waals surface area contributed by atoms with E-state index in [9.17, 15) is 0 Å². The van der Waals surface area contributed by atoms with Gasteiger partial charge in [-0.1, -0.05) is 6.92 Å². The Bertz CT molecular complexity index is 101. The zero-order chi connectivity index (χ0) is 9.94. The molecule has 0 aliphatic rings. The molecule has 0 saturated heterocycles. The number of rotatable bonds is 9. The lowest BCUT2D eigenvalue weighted by atomic mass is 10.2. The highest BCUT2D eigenvalue weighted by Gasteiger charge is 1.99. The Morgan fingerprint density at radius 1 is 1.38 bits per heavy atom. The van der Waals surface area contributed by atoms with Crippen molar-refractivity contribution in [2.75, 3.05) is 24.7 Å². The monoisotopic (exact) mass is 205 g/mol. The minimum atomic E-state index is 0.314. The van der Waals surface area contributed by atoms with Gasteiger partial charge in [-0.2, -0.15) is 11.8 Å². The van der Waals surface area contributed by atoms with Gasteiger partial charge < -0.3 is 10.4 Å². The maximum Gasteiger partial charge on any atom is 0.0521 e. The third kappa shape index (κ3) is 10.2. The van der Waals surface area contributed by atoms with Crippen LogP contribution in [0.2, 0.25) is 0 Å². The number of aliphatic hydroxyl groups excluding tert-OH is 1. The van der Waals surface area contributed by atoms with Gasteiger partial charge in [-0.25, -0.2) is 0 Å². The third-order valence-corrected chi connectivity index (χ3v) is 2.95. The molecule has 0 bridgehead atoms. The fourth-order valence-electron chi connectivity index (χ4n) is 1.15. The lowest BCUT2D eigenvalue weighted by Crippen LogP contribution is -2.26. The largest absolute Gasteiger partial charge is 0.396 e. The first-order chi connectivity index (χ1) is 6.31. The molecule has 0 saturated carbocycles. The lowest BCUT2D eigenvalue weighted by Gasteiger charge is -2.12. The molecule has 80 valence electrons. The molecule has 0 aromatic heterocycles. The van der Waals surface area contributed by atoms with Crippen LogP contribution in [-0.2, 0) is 0 Å². The Hall–Kier alpha value is 0.270. The van der Waals surface area contributed by atoms with Crippen molar-refractivity contribution < 1.29 is 5.11 Å². The molecule has 0 spiro atoms. The first kappa shape index (κ1) is 13.3. The predicted molar refractivity (Wildman–Crippen MR) is 61.4 cm³/mol. The van der Waals surface area contributed by atoms with Crippen LogP contribution in [0.5, 0.6) is 0 Å². The third-order valence-electron chi connectivity index (χ3n) is 1.90. The molecule has 0 rings (SSSR count).